The van der Waals surface area contributed by atoms with Gasteiger partial charge in [0.25, 0.3) is 0 Å². The summed E-state index contributed by atoms with van der Waals surface area (Å²) in [5.41, 5.74) is 2.01. The Bertz CT molecular complexity index is 906. The van der Waals surface area contributed by atoms with Crippen LogP contribution in [0, 0.1) is 20.8 Å². The van der Waals surface area contributed by atoms with Gasteiger partial charge in [-0.15, -0.1) is 0 Å². The fraction of sp³-hybridized carbons (Fsp3) is 0.533. The van der Waals surface area contributed by atoms with Gasteiger partial charge in [-0.3, -0.25) is 4.79 Å². The first-order chi connectivity index (χ1) is 11.3. The van der Waals surface area contributed by atoms with Crippen molar-refractivity contribution in [3.05, 3.63) is 28.8 Å². The molecule has 2 rings (SSSR count). The molecule has 1 aromatic carbocycles. The lowest BCUT2D eigenvalue weighted by atomic mass is 10.1. The molecular weight excluding hydrogens is 370 g/mol. The van der Waals surface area contributed by atoms with E-state index in [0.29, 0.717) is 15.4 Å². The van der Waals surface area contributed by atoms with Crippen molar-refractivity contribution in [1.29, 1.82) is 0 Å². The number of benzene rings is 1. The topological polar surface area (TPSA) is 129 Å². The molecule has 1 fully saturated rings. The number of aliphatic carboxylic acids is 1. The van der Waals surface area contributed by atoms with Gasteiger partial charge in [0.2, 0.25) is 10.0 Å². The number of hydrogen-bond donors (Lipinski definition) is 2. The molecule has 1 aliphatic rings. The van der Waals surface area contributed by atoms with Crippen LogP contribution >= 0.6 is 0 Å². The Morgan fingerprint density at radius 3 is 2.20 bits per heavy atom. The van der Waals surface area contributed by atoms with Crippen molar-refractivity contribution in [2.45, 2.75) is 37.8 Å². The Balaban J connectivity index is 2.58. The van der Waals surface area contributed by atoms with Crippen molar-refractivity contribution >= 4 is 25.8 Å². The molecule has 0 bridgehead atoms. The molecular formula is C15H21NO7S2. The van der Waals surface area contributed by atoms with Crippen molar-refractivity contribution in [2.24, 2.45) is 0 Å². The van der Waals surface area contributed by atoms with Crippen molar-refractivity contribution in [3.8, 4) is 0 Å². The predicted octanol–water partition coefficient (Wildman–Crippen LogP) is -0.155. The van der Waals surface area contributed by atoms with E-state index in [1.807, 2.05) is 6.92 Å². The minimum absolute atomic E-state index is 0.0895. The molecule has 0 unspecified atom stereocenters. The smallest absolute Gasteiger partial charge is 0.318 e. The lowest BCUT2D eigenvalue weighted by Gasteiger charge is -2.28. The molecule has 2 atom stereocenters. The van der Waals surface area contributed by atoms with E-state index in [2.05, 4.69) is 0 Å². The largest absolute Gasteiger partial charge is 0.480 e. The number of nitrogens with zero attached hydrogens (tertiary/aromatic N) is 1. The molecule has 8 nitrogen and oxygen atoms in total. The van der Waals surface area contributed by atoms with Crippen LogP contribution in [-0.4, -0.2) is 67.5 Å². The van der Waals surface area contributed by atoms with Crippen molar-refractivity contribution < 1.29 is 31.8 Å². The summed E-state index contributed by atoms with van der Waals surface area (Å²) in [5, 5.41) is 19.1. The average Bonchev–Trinajstić information content (AvgIpc) is 2.72. The van der Waals surface area contributed by atoms with E-state index in [9.17, 15) is 26.7 Å². The van der Waals surface area contributed by atoms with Crippen molar-refractivity contribution in [2.75, 3.05) is 18.1 Å². The van der Waals surface area contributed by atoms with Crippen LogP contribution in [0.15, 0.2) is 17.0 Å². The van der Waals surface area contributed by atoms with E-state index in [1.54, 1.807) is 19.9 Å². The fourth-order valence-electron chi connectivity index (χ4n) is 2.94. The van der Waals surface area contributed by atoms with Gasteiger partial charge in [-0.1, -0.05) is 6.07 Å². The minimum atomic E-state index is -4.30. The first-order valence-corrected chi connectivity index (χ1v) is 10.8. The second-order valence-corrected chi connectivity index (χ2v) is 10.4. The molecule has 10 heteroatoms. The first kappa shape index (κ1) is 19.8. The molecule has 140 valence electrons. The first-order valence-electron chi connectivity index (χ1n) is 7.55. The Labute approximate surface area is 147 Å². The van der Waals surface area contributed by atoms with E-state index in [1.165, 1.54) is 6.07 Å². The van der Waals surface area contributed by atoms with E-state index in [-0.39, 0.29) is 4.90 Å². The third kappa shape index (κ3) is 4.02. The van der Waals surface area contributed by atoms with Gasteiger partial charge < -0.3 is 10.2 Å². The van der Waals surface area contributed by atoms with Gasteiger partial charge in [-0.25, -0.2) is 16.8 Å². The second-order valence-electron chi connectivity index (χ2n) is 6.36. The molecule has 1 aliphatic heterocycles. The molecule has 0 radical (unpaired) electrons. The van der Waals surface area contributed by atoms with E-state index in [0.717, 1.165) is 5.56 Å². The van der Waals surface area contributed by atoms with E-state index >= 15 is 0 Å². The highest BCUT2D eigenvalue weighted by Crippen LogP contribution is 2.28. The highest BCUT2D eigenvalue weighted by molar-refractivity contribution is 7.92. The Morgan fingerprint density at radius 2 is 1.72 bits per heavy atom. The van der Waals surface area contributed by atoms with Gasteiger partial charge in [-0.2, -0.15) is 4.31 Å². The van der Waals surface area contributed by atoms with Gasteiger partial charge in [0, 0.05) is 0 Å². The summed E-state index contributed by atoms with van der Waals surface area (Å²) in [7, 11) is -7.95. The zero-order valence-electron chi connectivity index (χ0n) is 14.1. The number of carboxylic acid groups (broad SMARTS) is 1. The number of sulfonamides is 1. The SMILES string of the molecule is Cc1cc(C)c(S(=O)(=O)N(CC(=O)O)[C@H]2CS(=O)(=O)C[C@H]2O)cc1C. The Hall–Kier alpha value is -1.49. The summed E-state index contributed by atoms with van der Waals surface area (Å²) in [6.45, 7) is 4.21. The van der Waals surface area contributed by atoms with Gasteiger partial charge in [-0.05, 0) is 43.5 Å². The van der Waals surface area contributed by atoms with E-state index < -0.39 is 56.0 Å². The number of carbonyl (C=O) groups is 1. The van der Waals surface area contributed by atoms with Crippen LogP contribution in [0.5, 0.6) is 0 Å². The van der Waals surface area contributed by atoms with Crippen LogP contribution in [0.1, 0.15) is 16.7 Å². The van der Waals surface area contributed by atoms with Crippen LogP contribution in [0.3, 0.4) is 0 Å². The van der Waals surface area contributed by atoms with Crippen molar-refractivity contribution in [1.82, 2.24) is 4.31 Å². The predicted molar refractivity (Wildman–Crippen MR) is 90.6 cm³/mol. The summed E-state index contributed by atoms with van der Waals surface area (Å²) < 4.78 is 50.2. The maximum absolute atomic E-state index is 13.1. The number of sulfone groups is 1. The maximum Gasteiger partial charge on any atom is 0.318 e. The molecule has 1 saturated heterocycles. The number of hydrogen-bond acceptors (Lipinski definition) is 6. The number of aliphatic hydroxyl groups is 1. The molecule has 0 aliphatic carbocycles. The van der Waals surface area contributed by atoms with Gasteiger partial charge in [0.05, 0.1) is 28.5 Å². The fourth-order valence-corrected chi connectivity index (χ4v) is 6.73. The third-order valence-corrected chi connectivity index (χ3v) is 8.04. The minimum Gasteiger partial charge on any atom is -0.480 e. The quantitative estimate of drug-likeness (QED) is 0.714. The van der Waals surface area contributed by atoms with Crippen LogP contribution in [-0.2, 0) is 24.7 Å². The van der Waals surface area contributed by atoms with Crippen molar-refractivity contribution in [3.63, 3.8) is 0 Å². The normalized spacial score (nSPS) is 23.1. The number of rotatable bonds is 5. The van der Waals surface area contributed by atoms with Gasteiger partial charge in [0.1, 0.15) is 6.54 Å². The molecule has 0 saturated carbocycles. The van der Waals surface area contributed by atoms with Gasteiger partial charge in [0.15, 0.2) is 9.84 Å². The summed E-state index contributed by atoms with van der Waals surface area (Å²) in [5.74, 6) is -2.62. The summed E-state index contributed by atoms with van der Waals surface area (Å²) in [6, 6.07) is 1.78. The monoisotopic (exact) mass is 391 g/mol. The molecule has 2 N–H and O–H groups in total. The average molecular weight is 391 g/mol. The van der Waals surface area contributed by atoms with Crippen LogP contribution in [0.2, 0.25) is 0 Å². The van der Waals surface area contributed by atoms with Crippen LogP contribution in [0.25, 0.3) is 0 Å². The molecule has 1 aromatic rings. The summed E-state index contributed by atoms with van der Waals surface area (Å²) in [4.78, 5) is 11.1. The lowest BCUT2D eigenvalue weighted by molar-refractivity contribution is -0.137. The lowest BCUT2D eigenvalue weighted by Crippen LogP contribution is -2.49. The highest BCUT2D eigenvalue weighted by atomic mass is 32.2. The van der Waals surface area contributed by atoms with Crippen LogP contribution < -0.4 is 0 Å². The highest BCUT2D eigenvalue weighted by Gasteiger charge is 2.45. The molecule has 0 aromatic heterocycles. The zero-order valence-corrected chi connectivity index (χ0v) is 15.8. The second kappa shape index (κ2) is 6.67. The molecule has 0 spiro atoms. The number of aryl methyl sites for hydroxylation is 3. The standard InChI is InChI=1S/C15H21NO7S2/c1-9-4-11(3)14(5-10(9)2)25(22,23)16(6-15(18)19)12-7-24(20,21)8-13(12)17/h4-5,12-13,17H,6-8H2,1-3H3,(H,18,19)/t12-,13+/m0/s1. The summed E-state index contributed by atoms with van der Waals surface area (Å²) >= 11 is 0. The number of carboxylic acids is 1. The van der Waals surface area contributed by atoms with Crippen LogP contribution in [0.4, 0.5) is 0 Å². The summed E-state index contributed by atoms with van der Waals surface area (Å²) in [6.07, 6.45) is -1.47. The molecule has 1 heterocycles. The van der Waals surface area contributed by atoms with E-state index in [4.69, 9.17) is 5.11 Å². The maximum atomic E-state index is 13.1. The Kier molecular flexibility index (Phi) is 5.29. The third-order valence-electron chi connectivity index (χ3n) is 4.33. The number of aliphatic hydroxyl groups excluding tert-OH is 1. The Morgan fingerprint density at radius 1 is 1.16 bits per heavy atom. The molecule has 0 amide bonds. The zero-order chi connectivity index (χ0) is 19.2. The van der Waals surface area contributed by atoms with Gasteiger partial charge >= 0.3 is 5.97 Å². The molecule has 25 heavy (non-hydrogen) atoms.